The Morgan fingerprint density at radius 3 is 2.53 bits per heavy atom. The van der Waals surface area contributed by atoms with Crippen molar-refractivity contribution in [2.24, 2.45) is 0 Å². The van der Waals surface area contributed by atoms with Gasteiger partial charge in [-0.25, -0.2) is 4.79 Å². The number of esters is 1. The summed E-state index contributed by atoms with van der Waals surface area (Å²) in [5.74, 6) is 0.106. The first-order chi connectivity index (χ1) is 8.92. The van der Waals surface area contributed by atoms with Crippen molar-refractivity contribution in [3.05, 3.63) is 27.7 Å². The van der Waals surface area contributed by atoms with Gasteiger partial charge in [0, 0.05) is 10.0 Å². The Kier molecular flexibility index (Phi) is 5.82. The summed E-state index contributed by atoms with van der Waals surface area (Å²) >= 11 is 3.35. The van der Waals surface area contributed by atoms with Crippen molar-refractivity contribution in [1.29, 1.82) is 0 Å². The quantitative estimate of drug-likeness (QED) is 0.842. The molecule has 4 nitrogen and oxygen atoms in total. The van der Waals surface area contributed by atoms with Crippen molar-refractivity contribution in [3.63, 3.8) is 0 Å². The summed E-state index contributed by atoms with van der Waals surface area (Å²) in [6.45, 7) is 5.90. The lowest BCUT2D eigenvalue weighted by Crippen LogP contribution is -2.17. The Balaban J connectivity index is 3.32. The van der Waals surface area contributed by atoms with E-state index in [1.54, 1.807) is 20.1 Å². The number of hydrogen-bond acceptors (Lipinski definition) is 4. The molecule has 0 fully saturated rings. The van der Waals surface area contributed by atoms with E-state index in [4.69, 9.17) is 9.47 Å². The first-order valence-electron chi connectivity index (χ1n) is 6.14. The first-order valence-corrected chi connectivity index (χ1v) is 6.93. The van der Waals surface area contributed by atoms with Crippen LogP contribution in [0.1, 0.15) is 43.9 Å². The van der Waals surface area contributed by atoms with Crippen molar-refractivity contribution in [1.82, 2.24) is 0 Å². The third-order valence-corrected chi connectivity index (χ3v) is 3.20. The zero-order valence-electron chi connectivity index (χ0n) is 11.6. The van der Waals surface area contributed by atoms with E-state index in [1.165, 1.54) is 0 Å². The van der Waals surface area contributed by atoms with E-state index < -0.39 is 12.1 Å². The molecule has 1 rings (SSSR count). The molecule has 0 saturated heterocycles. The van der Waals surface area contributed by atoms with Crippen LogP contribution in [-0.2, 0) is 9.53 Å². The number of aliphatic hydroxyl groups is 1. The van der Waals surface area contributed by atoms with Gasteiger partial charge in [-0.15, -0.1) is 0 Å². The molecule has 5 heteroatoms. The zero-order valence-corrected chi connectivity index (χ0v) is 13.2. The lowest BCUT2D eigenvalue weighted by atomic mass is 9.93. The molecule has 1 aromatic rings. The minimum absolute atomic E-state index is 0.113. The fraction of sp³-hybridized carbons (Fsp3) is 0.500. The van der Waals surface area contributed by atoms with Gasteiger partial charge in [-0.1, -0.05) is 29.8 Å². The van der Waals surface area contributed by atoms with Crippen molar-refractivity contribution in [3.8, 4) is 5.75 Å². The maximum atomic E-state index is 11.7. The Hall–Kier alpha value is -1.07. The number of carbonyl (C=O) groups excluding carboxylic acids is 1. The van der Waals surface area contributed by atoms with Crippen molar-refractivity contribution >= 4 is 21.9 Å². The van der Waals surface area contributed by atoms with Gasteiger partial charge in [-0.2, -0.15) is 0 Å². The fourth-order valence-electron chi connectivity index (χ4n) is 1.97. The normalized spacial score (nSPS) is 12.4. The van der Waals surface area contributed by atoms with Gasteiger partial charge in [-0.3, -0.25) is 0 Å². The van der Waals surface area contributed by atoms with Crippen LogP contribution in [0.4, 0.5) is 0 Å². The second-order valence-corrected chi connectivity index (χ2v) is 5.34. The number of rotatable bonds is 5. The summed E-state index contributed by atoms with van der Waals surface area (Å²) in [7, 11) is 1.56. The van der Waals surface area contributed by atoms with Gasteiger partial charge in [0.2, 0.25) is 0 Å². The van der Waals surface area contributed by atoms with Gasteiger partial charge >= 0.3 is 5.97 Å². The van der Waals surface area contributed by atoms with Crippen LogP contribution in [-0.4, -0.2) is 24.8 Å². The van der Waals surface area contributed by atoms with Crippen LogP contribution < -0.4 is 4.74 Å². The average Bonchev–Trinajstić information content (AvgIpc) is 2.36. The van der Waals surface area contributed by atoms with Crippen LogP contribution in [0.3, 0.4) is 0 Å². The number of carbonyl (C=O) groups is 1. The van der Waals surface area contributed by atoms with Crippen LogP contribution in [0, 0.1) is 0 Å². The molecule has 0 aliphatic heterocycles. The van der Waals surface area contributed by atoms with Gasteiger partial charge < -0.3 is 14.6 Å². The minimum Gasteiger partial charge on any atom is -0.496 e. The standard InChI is InChI=1S/C14H19BrO4/c1-5-19-14(17)13(16)10-6-9(15)7-11(18-4)12(10)8(2)3/h6-8,13,16H,5H2,1-4H3. The van der Waals surface area contributed by atoms with Crippen LogP contribution in [0.15, 0.2) is 16.6 Å². The van der Waals surface area contributed by atoms with E-state index in [-0.39, 0.29) is 12.5 Å². The van der Waals surface area contributed by atoms with E-state index in [9.17, 15) is 9.90 Å². The number of halogens is 1. The number of aliphatic hydroxyl groups excluding tert-OH is 1. The third-order valence-electron chi connectivity index (χ3n) is 2.74. The number of methoxy groups -OCH3 is 1. The largest absolute Gasteiger partial charge is 0.496 e. The second kappa shape index (κ2) is 6.91. The van der Waals surface area contributed by atoms with Crippen molar-refractivity contribution < 1.29 is 19.4 Å². The van der Waals surface area contributed by atoms with E-state index >= 15 is 0 Å². The highest BCUT2D eigenvalue weighted by atomic mass is 79.9. The molecule has 0 bridgehead atoms. The van der Waals surface area contributed by atoms with Crippen LogP contribution in [0.25, 0.3) is 0 Å². The van der Waals surface area contributed by atoms with Crippen LogP contribution in [0.2, 0.25) is 0 Å². The number of benzene rings is 1. The highest BCUT2D eigenvalue weighted by molar-refractivity contribution is 9.10. The second-order valence-electron chi connectivity index (χ2n) is 4.42. The smallest absolute Gasteiger partial charge is 0.339 e. The zero-order chi connectivity index (χ0) is 14.6. The summed E-state index contributed by atoms with van der Waals surface area (Å²) in [5, 5.41) is 10.1. The molecular formula is C14H19BrO4. The van der Waals surface area contributed by atoms with Gasteiger partial charge in [0.05, 0.1) is 13.7 Å². The Morgan fingerprint density at radius 1 is 1.42 bits per heavy atom. The molecule has 0 aromatic heterocycles. The van der Waals surface area contributed by atoms with Crippen molar-refractivity contribution in [2.75, 3.05) is 13.7 Å². The summed E-state index contributed by atoms with van der Waals surface area (Å²) in [6, 6.07) is 3.54. The molecule has 1 atom stereocenters. The Bertz CT molecular complexity index is 457. The Morgan fingerprint density at radius 2 is 2.05 bits per heavy atom. The molecular weight excluding hydrogens is 312 g/mol. The summed E-state index contributed by atoms with van der Waals surface area (Å²) in [5.41, 5.74) is 1.32. The lowest BCUT2D eigenvalue weighted by Gasteiger charge is -2.20. The molecule has 1 unspecified atom stereocenters. The van der Waals surface area contributed by atoms with E-state index in [0.29, 0.717) is 11.3 Å². The predicted octanol–water partition coefficient (Wildman–Crippen LogP) is 3.18. The summed E-state index contributed by atoms with van der Waals surface area (Å²) in [6.07, 6.45) is -1.30. The van der Waals surface area contributed by atoms with E-state index in [2.05, 4.69) is 15.9 Å². The molecule has 0 heterocycles. The van der Waals surface area contributed by atoms with Gasteiger partial charge in [0.1, 0.15) is 5.75 Å². The monoisotopic (exact) mass is 330 g/mol. The molecule has 0 radical (unpaired) electrons. The van der Waals surface area contributed by atoms with Gasteiger partial charge in [0.15, 0.2) is 6.10 Å². The number of hydrogen-bond donors (Lipinski definition) is 1. The molecule has 1 N–H and O–H groups in total. The molecule has 0 saturated carbocycles. The molecule has 1 aromatic carbocycles. The van der Waals surface area contributed by atoms with Crippen LogP contribution in [0.5, 0.6) is 5.75 Å². The van der Waals surface area contributed by atoms with Gasteiger partial charge in [0.25, 0.3) is 0 Å². The average molecular weight is 331 g/mol. The third kappa shape index (κ3) is 3.70. The minimum atomic E-state index is -1.30. The summed E-state index contributed by atoms with van der Waals surface area (Å²) < 4.78 is 10.9. The lowest BCUT2D eigenvalue weighted by molar-refractivity contribution is -0.153. The van der Waals surface area contributed by atoms with Gasteiger partial charge in [-0.05, 0) is 30.5 Å². The first kappa shape index (κ1) is 16.0. The summed E-state index contributed by atoms with van der Waals surface area (Å²) in [4.78, 5) is 11.7. The highest BCUT2D eigenvalue weighted by Crippen LogP contribution is 2.36. The Labute approximate surface area is 121 Å². The fourth-order valence-corrected chi connectivity index (χ4v) is 2.43. The molecule has 0 aliphatic carbocycles. The topological polar surface area (TPSA) is 55.8 Å². The molecule has 106 valence electrons. The maximum absolute atomic E-state index is 11.7. The molecule has 0 spiro atoms. The SMILES string of the molecule is CCOC(=O)C(O)c1cc(Br)cc(OC)c1C(C)C. The van der Waals surface area contributed by atoms with E-state index in [1.807, 2.05) is 19.9 Å². The number of ether oxygens (including phenoxy) is 2. The maximum Gasteiger partial charge on any atom is 0.339 e. The highest BCUT2D eigenvalue weighted by Gasteiger charge is 2.25. The van der Waals surface area contributed by atoms with Crippen LogP contribution >= 0.6 is 15.9 Å². The molecule has 19 heavy (non-hydrogen) atoms. The van der Waals surface area contributed by atoms with E-state index in [0.717, 1.165) is 10.0 Å². The molecule has 0 amide bonds. The van der Waals surface area contributed by atoms with Crippen molar-refractivity contribution in [2.45, 2.75) is 32.8 Å². The molecule has 0 aliphatic rings. The predicted molar refractivity (Wildman–Crippen MR) is 76.4 cm³/mol.